The average Bonchev–Trinajstić information content (AvgIpc) is 2.77. The molecule has 2 aliphatic rings. The van der Waals surface area contributed by atoms with Gasteiger partial charge in [-0.15, -0.1) is 0 Å². The van der Waals surface area contributed by atoms with Crippen molar-refractivity contribution in [3.63, 3.8) is 0 Å². The van der Waals surface area contributed by atoms with Crippen LogP contribution in [0, 0.1) is 5.92 Å². The van der Waals surface area contributed by atoms with E-state index in [1.54, 1.807) is 0 Å². The van der Waals surface area contributed by atoms with E-state index in [0.717, 1.165) is 55.7 Å². The van der Waals surface area contributed by atoms with Gasteiger partial charge in [0.15, 0.2) is 0 Å². The molecule has 0 amide bonds. The van der Waals surface area contributed by atoms with Crippen LogP contribution in [0.5, 0.6) is 0 Å². The van der Waals surface area contributed by atoms with E-state index in [1.165, 1.54) is 28.7 Å². The highest BCUT2D eigenvalue weighted by atomic mass is 35.5. The molecule has 0 saturated heterocycles. The molecule has 0 radical (unpaired) electrons. The van der Waals surface area contributed by atoms with Crippen LogP contribution in [0.2, 0.25) is 0 Å². The molecular weight excluding hydrogens is 380 g/mol. The zero-order valence-corrected chi connectivity index (χ0v) is 19.1. The van der Waals surface area contributed by atoms with Gasteiger partial charge in [-0.25, -0.2) is 0 Å². The fourth-order valence-electron chi connectivity index (χ4n) is 3.66. The Morgan fingerprint density at radius 2 is 2.11 bits per heavy atom. The summed E-state index contributed by atoms with van der Waals surface area (Å²) in [4.78, 5) is 0. The van der Waals surface area contributed by atoms with E-state index in [1.807, 2.05) is 11.8 Å². The first kappa shape index (κ1) is 23.1. The summed E-state index contributed by atoms with van der Waals surface area (Å²) in [6, 6.07) is 0. The van der Waals surface area contributed by atoms with Crippen molar-refractivity contribution < 1.29 is 0 Å². The van der Waals surface area contributed by atoms with Crippen LogP contribution in [0.4, 0.5) is 0 Å². The Bertz CT molecular complexity index is 700. The quantitative estimate of drug-likeness (QED) is 0.375. The Kier molecular flexibility index (Phi) is 10.8. The van der Waals surface area contributed by atoms with Crippen molar-refractivity contribution in [1.29, 1.82) is 0 Å². The van der Waals surface area contributed by atoms with Crippen LogP contribution >= 0.6 is 23.4 Å². The minimum Gasteiger partial charge on any atom is -0.161 e. The van der Waals surface area contributed by atoms with E-state index in [4.69, 9.17) is 11.6 Å². The molecule has 152 valence electrons. The van der Waals surface area contributed by atoms with Crippen molar-refractivity contribution in [2.75, 3.05) is 12.0 Å². The van der Waals surface area contributed by atoms with Gasteiger partial charge in [-0.05, 0) is 76.5 Å². The third kappa shape index (κ3) is 8.88. The average molecular weight is 415 g/mol. The number of hydrogen-bond acceptors (Lipinski definition) is 1. The maximum Gasteiger partial charge on any atom is 0.0395 e. The second-order valence-electron chi connectivity index (χ2n) is 7.91. The summed E-state index contributed by atoms with van der Waals surface area (Å²) in [5.41, 5.74) is 5.55. The van der Waals surface area contributed by atoms with Crippen molar-refractivity contribution in [2.24, 2.45) is 5.92 Å². The SMILES string of the molecule is C=C(CCC=C1C=CC=CCC(CC2=CCCC(C)=C(Cl)C=C2)CC1)CSC. The zero-order valence-electron chi connectivity index (χ0n) is 17.6. The Morgan fingerprint density at radius 1 is 1.25 bits per heavy atom. The molecule has 0 spiro atoms. The van der Waals surface area contributed by atoms with Crippen LogP contribution in [0.3, 0.4) is 0 Å². The van der Waals surface area contributed by atoms with Gasteiger partial charge in [-0.2, -0.15) is 11.8 Å². The summed E-state index contributed by atoms with van der Waals surface area (Å²) in [5.74, 6) is 1.76. The first-order valence-corrected chi connectivity index (χ1v) is 12.3. The van der Waals surface area contributed by atoms with Crippen LogP contribution in [0.15, 0.2) is 82.5 Å². The topological polar surface area (TPSA) is 0 Å². The Labute approximate surface area is 181 Å². The summed E-state index contributed by atoms with van der Waals surface area (Å²) >= 11 is 8.22. The van der Waals surface area contributed by atoms with E-state index in [2.05, 4.69) is 68.4 Å². The predicted octanol–water partition coefficient (Wildman–Crippen LogP) is 8.70. The van der Waals surface area contributed by atoms with Gasteiger partial charge < -0.3 is 0 Å². The van der Waals surface area contributed by atoms with Gasteiger partial charge in [0.05, 0.1) is 0 Å². The number of thioether (sulfide) groups is 1. The van der Waals surface area contributed by atoms with Crippen molar-refractivity contribution >= 4 is 23.4 Å². The van der Waals surface area contributed by atoms with E-state index >= 15 is 0 Å². The predicted molar refractivity (Wildman–Crippen MR) is 130 cm³/mol. The van der Waals surface area contributed by atoms with Crippen molar-refractivity contribution in [2.45, 2.75) is 58.3 Å². The van der Waals surface area contributed by atoms with Crippen LogP contribution in [-0.4, -0.2) is 12.0 Å². The molecule has 0 nitrogen and oxygen atoms in total. The molecule has 2 heteroatoms. The molecule has 0 bridgehead atoms. The van der Waals surface area contributed by atoms with E-state index < -0.39 is 0 Å². The van der Waals surface area contributed by atoms with Gasteiger partial charge in [0.25, 0.3) is 0 Å². The summed E-state index contributed by atoms with van der Waals surface area (Å²) in [5, 5.41) is 0.914. The van der Waals surface area contributed by atoms with Crippen molar-refractivity contribution in [1.82, 2.24) is 0 Å². The standard InChI is InChI=1S/C26H35ClS/c1-21(20-28-3)9-7-13-23-11-5-4-6-12-24(16-15-23)19-25-14-8-10-22(2)26(27)18-17-25/h4-6,11,13-14,17-18,24H,1,7-10,12,15-16,19-20H2,2-3H3. The van der Waals surface area contributed by atoms with Gasteiger partial charge in [0, 0.05) is 10.8 Å². The first-order chi connectivity index (χ1) is 13.6. The monoisotopic (exact) mass is 414 g/mol. The highest BCUT2D eigenvalue weighted by molar-refractivity contribution is 7.98. The Hall–Kier alpha value is -1.18. The molecule has 0 saturated carbocycles. The van der Waals surface area contributed by atoms with Crippen LogP contribution in [0.1, 0.15) is 58.3 Å². The maximum absolute atomic E-state index is 6.36. The Balaban J connectivity index is 1.94. The smallest absolute Gasteiger partial charge is 0.0395 e. The lowest BCUT2D eigenvalue weighted by molar-refractivity contribution is 0.491. The number of allylic oxidation sites excluding steroid dienone is 12. The third-order valence-corrected chi connectivity index (χ3v) is 6.57. The van der Waals surface area contributed by atoms with Gasteiger partial charge >= 0.3 is 0 Å². The lowest BCUT2D eigenvalue weighted by Crippen LogP contribution is -2.02. The molecular formula is C26H35ClS. The highest BCUT2D eigenvalue weighted by Gasteiger charge is 2.12. The molecule has 1 unspecified atom stereocenters. The molecule has 0 aromatic rings. The van der Waals surface area contributed by atoms with Crippen molar-refractivity contribution in [3.05, 3.63) is 82.5 Å². The molecule has 0 fully saturated rings. The molecule has 2 aliphatic carbocycles. The molecule has 0 heterocycles. The maximum atomic E-state index is 6.36. The summed E-state index contributed by atoms with van der Waals surface area (Å²) in [6.07, 6.45) is 29.4. The molecule has 0 aromatic carbocycles. The van der Waals surface area contributed by atoms with Gasteiger partial charge in [0.2, 0.25) is 0 Å². The fourth-order valence-corrected chi connectivity index (χ4v) is 4.37. The van der Waals surface area contributed by atoms with E-state index in [-0.39, 0.29) is 0 Å². The number of hydrogen-bond donors (Lipinski definition) is 0. The fraction of sp³-hybridized carbons (Fsp3) is 0.462. The van der Waals surface area contributed by atoms with Gasteiger partial charge in [-0.1, -0.05) is 83.0 Å². The number of halogens is 1. The first-order valence-electron chi connectivity index (χ1n) is 10.5. The van der Waals surface area contributed by atoms with Gasteiger partial charge in [-0.3, -0.25) is 0 Å². The zero-order chi connectivity index (χ0) is 20.2. The van der Waals surface area contributed by atoms with Crippen LogP contribution in [0.25, 0.3) is 0 Å². The van der Waals surface area contributed by atoms with Gasteiger partial charge in [0.1, 0.15) is 0 Å². The van der Waals surface area contributed by atoms with E-state index in [0.29, 0.717) is 5.92 Å². The molecule has 28 heavy (non-hydrogen) atoms. The minimum absolute atomic E-state index is 0.685. The second kappa shape index (κ2) is 13.1. The van der Waals surface area contributed by atoms with Crippen molar-refractivity contribution in [3.8, 4) is 0 Å². The van der Waals surface area contributed by atoms with Crippen LogP contribution < -0.4 is 0 Å². The molecule has 0 aromatic heterocycles. The van der Waals surface area contributed by atoms with Crippen LogP contribution in [-0.2, 0) is 0 Å². The lowest BCUT2D eigenvalue weighted by Gasteiger charge is -2.17. The largest absolute Gasteiger partial charge is 0.161 e. The third-order valence-electron chi connectivity index (χ3n) is 5.42. The van der Waals surface area contributed by atoms with E-state index in [9.17, 15) is 0 Å². The lowest BCUT2D eigenvalue weighted by atomic mass is 9.89. The Morgan fingerprint density at radius 3 is 2.93 bits per heavy atom. The number of rotatable bonds is 7. The minimum atomic E-state index is 0.685. The molecule has 0 aliphatic heterocycles. The molecule has 1 atom stereocenters. The second-order valence-corrected chi connectivity index (χ2v) is 9.19. The molecule has 2 rings (SSSR count). The summed E-state index contributed by atoms with van der Waals surface area (Å²) < 4.78 is 0. The summed E-state index contributed by atoms with van der Waals surface area (Å²) in [6.45, 7) is 6.30. The highest BCUT2D eigenvalue weighted by Crippen LogP contribution is 2.28. The normalized spacial score (nSPS) is 22.3. The molecule has 0 N–H and O–H groups in total. The summed E-state index contributed by atoms with van der Waals surface area (Å²) in [7, 11) is 0.